The lowest BCUT2D eigenvalue weighted by Gasteiger charge is -2.36. The smallest absolute Gasteiger partial charge is 0.321 e. The molecule has 1 aliphatic heterocycles. The van der Waals surface area contributed by atoms with E-state index in [-0.39, 0.29) is 12.1 Å². The van der Waals surface area contributed by atoms with Crippen LogP contribution in [0.4, 0.5) is 4.79 Å². The van der Waals surface area contributed by atoms with Crippen LogP contribution < -0.4 is 0 Å². The number of amides is 2. The Labute approximate surface area is 163 Å². The molecule has 142 valence electrons. The summed E-state index contributed by atoms with van der Waals surface area (Å²) in [4.78, 5) is 17.5. The Morgan fingerprint density at radius 3 is 2.33 bits per heavy atom. The first-order valence-corrected chi connectivity index (χ1v) is 10.1. The highest BCUT2D eigenvalue weighted by Crippen LogP contribution is 2.38. The molecule has 2 aromatic rings. The van der Waals surface area contributed by atoms with Gasteiger partial charge in [-0.2, -0.15) is 0 Å². The van der Waals surface area contributed by atoms with E-state index in [0.717, 1.165) is 25.9 Å². The van der Waals surface area contributed by atoms with E-state index in [2.05, 4.69) is 66.4 Å². The minimum atomic E-state index is -0.0216. The standard InChI is InChI=1S/C24H30N2O/c1-4-12-21-17-20-15-10-11-16-22(20)18-26(24(27)25(5-2)6-3)23(21)19-13-8-7-9-14-19/h7-11,13-17,23H,4-6,12,18H2,1-3H3. The van der Waals surface area contributed by atoms with Crippen LogP contribution in [0.3, 0.4) is 0 Å². The van der Waals surface area contributed by atoms with Crippen LogP contribution in [0.15, 0.2) is 60.2 Å². The maximum atomic E-state index is 13.5. The summed E-state index contributed by atoms with van der Waals surface area (Å²) in [6.07, 6.45) is 4.35. The highest BCUT2D eigenvalue weighted by molar-refractivity contribution is 5.77. The van der Waals surface area contributed by atoms with Gasteiger partial charge in [-0.1, -0.05) is 74.0 Å². The molecule has 0 aromatic heterocycles. The molecule has 0 fully saturated rings. The molecule has 27 heavy (non-hydrogen) atoms. The van der Waals surface area contributed by atoms with E-state index in [0.29, 0.717) is 6.54 Å². The summed E-state index contributed by atoms with van der Waals surface area (Å²) in [5.74, 6) is 0. The molecule has 0 N–H and O–H groups in total. The lowest BCUT2D eigenvalue weighted by Crippen LogP contribution is -2.44. The number of nitrogens with zero attached hydrogens (tertiary/aromatic N) is 2. The van der Waals surface area contributed by atoms with Crippen molar-refractivity contribution in [3.05, 3.63) is 76.9 Å². The van der Waals surface area contributed by atoms with Crippen LogP contribution >= 0.6 is 0 Å². The lowest BCUT2D eigenvalue weighted by molar-refractivity contribution is 0.140. The van der Waals surface area contributed by atoms with Crippen LogP contribution in [0.25, 0.3) is 6.08 Å². The van der Waals surface area contributed by atoms with Crippen molar-refractivity contribution < 1.29 is 4.79 Å². The highest BCUT2D eigenvalue weighted by atomic mass is 16.2. The van der Waals surface area contributed by atoms with E-state index >= 15 is 0 Å². The van der Waals surface area contributed by atoms with Crippen LogP contribution in [0.5, 0.6) is 0 Å². The molecule has 0 saturated carbocycles. The van der Waals surface area contributed by atoms with E-state index in [1.807, 2.05) is 24.8 Å². The summed E-state index contributed by atoms with van der Waals surface area (Å²) in [7, 11) is 0. The molecule has 2 aromatic carbocycles. The van der Waals surface area contributed by atoms with Gasteiger partial charge in [0, 0.05) is 19.6 Å². The normalized spacial score (nSPS) is 16.3. The Kier molecular flexibility index (Phi) is 6.33. The van der Waals surface area contributed by atoms with Gasteiger partial charge in [0.05, 0.1) is 6.04 Å². The highest BCUT2D eigenvalue weighted by Gasteiger charge is 2.32. The van der Waals surface area contributed by atoms with E-state index in [1.54, 1.807) is 0 Å². The summed E-state index contributed by atoms with van der Waals surface area (Å²) < 4.78 is 0. The molecule has 1 heterocycles. The summed E-state index contributed by atoms with van der Waals surface area (Å²) in [6.45, 7) is 8.38. The van der Waals surface area contributed by atoms with Crippen molar-refractivity contribution in [2.24, 2.45) is 0 Å². The molecule has 0 bridgehead atoms. The fraction of sp³-hybridized carbons (Fsp3) is 0.375. The van der Waals surface area contributed by atoms with Gasteiger partial charge in [0.1, 0.15) is 0 Å². The summed E-state index contributed by atoms with van der Waals surface area (Å²) in [5, 5.41) is 0. The van der Waals surface area contributed by atoms with E-state index in [4.69, 9.17) is 0 Å². The number of hydrogen-bond donors (Lipinski definition) is 0. The Balaban J connectivity index is 2.14. The molecular weight excluding hydrogens is 332 g/mol. The predicted molar refractivity (Wildman–Crippen MR) is 112 cm³/mol. The molecule has 3 rings (SSSR count). The number of fused-ring (bicyclic) bond motifs is 1. The molecule has 1 atom stereocenters. The molecule has 3 nitrogen and oxygen atoms in total. The number of urea groups is 1. The second-order valence-electron chi connectivity index (χ2n) is 7.06. The van der Waals surface area contributed by atoms with Crippen molar-refractivity contribution in [3.63, 3.8) is 0 Å². The Hall–Kier alpha value is -2.55. The number of carbonyl (C=O) groups excluding carboxylic acids is 1. The van der Waals surface area contributed by atoms with E-state index in [9.17, 15) is 4.79 Å². The van der Waals surface area contributed by atoms with Crippen molar-refractivity contribution in [1.29, 1.82) is 0 Å². The van der Waals surface area contributed by atoms with Gasteiger partial charge in [-0.05, 0) is 42.5 Å². The Morgan fingerprint density at radius 2 is 1.67 bits per heavy atom. The van der Waals surface area contributed by atoms with Gasteiger partial charge in [0.25, 0.3) is 0 Å². The molecular formula is C24H30N2O. The quantitative estimate of drug-likeness (QED) is 0.650. The first kappa shape index (κ1) is 19.2. The topological polar surface area (TPSA) is 23.6 Å². The van der Waals surface area contributed by atoms with Crippen molar-refractivity contribution >= 4 is 12.1 Å². The third-order valence-electron chi connectivity index (χ3n) is 5.33. The Bertz CT molecular complexity index is 793. The first-order chi connectivity index (χ1) is 13.2. The molecule has 0 radical (unpaired) electrons. The van der Waals surface area contributed by atoms with Gasteiger partial charge in [-0.15, -0.1) is 0 Å². The summed E-state index contributed by atoms with van der Waals surface area (Å²) in [5.41, 5.74) is 4.95. The zero-order valence-electron chi connectivity index (χ0n) is 16.7. The van der Waals surface area contributed by atoms with Crippen LogP contribution in [0, 0.1) is 0 Å². The number of benzene rings is 2. The van der Waals surface area contributed by atoms with Crippen molar-refractivity contribution in [2.45, 2.75) is 46.2 Å². The van der Waals surface area contributed by atoms with Crippen molar-refractivity contribution in [2.75, 3.05) is 13.1 Å². The Morgan fingerprint density at radius 1 is 1.00 bits per heavy atom. The van der Waals surface area contributed by atoms with Gasteiger partial charge in [0.15, 0.2) is 0 Å². The van der Waals surface area contributed by atoms with Crippen molar-refractivity contribution in [1.82, 2.24) is 9.80 Å². The number of rotatable bonds is 5. The van der Waals surface area contributed by atoms with Crippen LogP contribution in [-0.2, 0) is 6.54 Å². The second kappa shape index (κ2) is 8.90. The lowest BCUT2D eigenvalue weighted by atomic mass is 9.93. The maximum Gasteiger partial charge on any atom is 0.321 e. The molecule has 0 spiro atoms. The molecule has 1 aliphatic rings. The third kappa shape index (κ3) is 4.08. The average molecular weight is 363 g/mol. The zero-order chi connectivity index (χ0) is 19.2. The van der Waals surface area contributed by atoms with Gasteiger partial charge in [0.2, 0.25) is 0 Å². The molecule has 1 unspecified atom stereocenters. The molecule has 3 heteroatoms. The number of hydrogen-bond acceptors (Lipinski definition) is 1. The van der Waals surface area contributed by atoms with E-state index < -0.39 is 0 Å². The van der Waals surface area contributed by atoms with Crippen LogP contribution in [-0.4, -0.2) is 28.9 Å². The van der Waals surface area contributed by atoms with E-state index in [1.165, 1.54) is 22.3 Å². The largest absolute Gasteiger partial charge is 0.325 e. The van der Waals surface area contributed by atoms with Crippen LogP contribution in [0.2, 0.25) is 0 Å². The van der Waals surface area contributed by atoms with Gasteiger partial charge in [-0.3, -0.25) is 0 Å². The monoisotopic (exact) mass is 362 g/mol. The number of carbonyl (C=O) groups is 1. The molecule has 0 saturated heterocycles. The molecule has 2 amide bonds. The summed E-state index contributed by atoms with van der Waals surface area (Å²) >= 11 is 0. The van der Waals surface area contributed by atoms with Crippen molar-refractivity contribution in [3.8, 4) is 0 Å². The van der Waals surface area contributed by atoms with Gasteiger partial charge in [-0.25, -0.2) is 4.79 Å². The zero-order valence-corrected chi connectivity index (χ0v) is 16.7. The SMILES string of the molecule is CCCC1=Cc2ccccc2CN(C(=O)N(CC)CC)C1c1ccccc1. The third-order valence-corrected chi connectivity index (χ3v) is 5.33. The molecule has 0 aliphatic carbocycles. The fourth-order valence-electron chi connectivity index (χ4n) is 3.95. The predicted octanol–water partition coefficient (Wildman–Crippen LogP) is 5.89. The maximum absolute atomic E-state index is 13.5. The van der Waals surface area contributed by atoms with Crippen LogP contribution in [0.1, 0.15) is 56.3 Å². The summed E-state index contributed by atoms with van der Waals surface area (Å²) in [6, 6.07) is 19.0. The first-order valence-electron chi connectivity index (χ1n) is 10.1. The average Bonchev–Trinajstić information content (AvgIpc) is 2.86. The van der Waals surface area contributed by atoms with Gasteiger partial charge < -0.3 is 9.80 Å². The minimum Gasteiger partial charge on any atom is -0.325 e. The second-order valence-corrected chi connectivity index (χ2v) is 7.06. The fourth-order valence-corrected chi connectivity index (χ4v) is 3.95. The van der Waals surface area contributed by atoms with Gasteiger partial charge >= 0.3 is 6.03 Å². The minimum absolute atomic E-state index is 0.0216.